The first-order valence-electron chi connectivity index (χ1n) is 6.57. The molecule has 1 aliphatic rings. The van der Waals surface area contributed by atoms with E-state index in [4.69, 9.17) is 10.2 Å². The van der Waals surface area contributed by atoms with Gasteiger partial charge in [-0.1, -0.05) is 13.8 Å². The topological polar surface area (TPSA) is 93.5 Å². The van der Waals surface area contributed by atoms with Crippen LogP contribution in [-0.4, -0.2) is 16.6 Å². The van der Waals surface area contributed by atoms with E-state index in [0.29, 0.717) is 23.4 Å². The number of hydrogen-bond donors (Lipinski definition) is 2. The number of nitrogens with zero attached hydrogens (tertiary/aromatic N) is 2. The van der Waals surface area contributed by atoms with Gasteiger partial charge in [0.25, 0.3) is 6.01 Å². The molecular formula is C14H16N4O2. The minimum absolute atomic E-state index is 0.0424. The number of nitrogens with one attached hydrogen (secondary N) is 1. The predicted molar refractivity (Wildman–Crippen MR) is 76.0 cm³/mol. The fourth-order valence-corrected chi connectivity index (χ4v) is 2.48. The van der Waals surface area contributed by atoms with Crippen molar-refractivity contribution in [3.8, 4) is 0 Å². The molecule has 0 bridgehead atoms. The third-order valence-electron chi connectivity index (χ3n) is 3.56. The summed E-state index contributed by atoms with van der Waals surface area (Å²) in [5, 5.41) is 4.22. The Bertz CT molecular complexity index is 702. The van der Waals surface area contributed by atoms with Crippen LogP contribution in [0.1, 0.15) is 25.8 Å². The van der Waals surface area contributed by atoms with Crippen LogP contribution >= 0.6 is 0 Å². The Morgan fingerprint density at radius 2 is 2.25 bits per heavy atom. The highest BCUT2D eigenvalue weighted by Crippen LogP contribution is 2.26. The molecule has 0 radical (unpaired) electrons. The van der Waals surface area contributed by atoms with E-state index in [-0.39, 0.29) is 17.8 Å². The number of nitrogen functional groups attached to an aromatic ring is 1. The number of amides is 1. The fourth-order valence-electron chi connectivity index (χ4n) is 2.48. The van der Waals surface area contributed by atoms with E-state index in [2.05, 4.69) is 29.4 Å². The molecule has 0 saturated heterocycles. The summed E-state index contributed by atoms with van der Waals surface area (Å²) in [7, 11) is 0. The third kappa shape index (κ3) is 2.13. The van der Waals surface area contributed by atoms with Crippen LogP contribution < -0.4 is 11.2 Å². The molecule has 3 rings (SSSR count). The molecule has 6 nitrogen and oxygen atoms in total. The van der Waals surface area contributed by atoms with Crippen molar-refractivity contribution in [1.82, 2.24) is 10.4 Å². The van der Waals surface area contributed by atoms with Gasteiger partial charge in [-0.05, 0) is 24.1 Å². The van der Waals surface area contributed by atoms with Gasteiger partial charge in [0.2, 0.25) is 5.91 Å². The molecule has 1 unspecified atom stereocenters. The number of fused-ring (bicyclic) bond motifs is 1. The molecule has 0 aliphatic carbocycles. The summed E-state index contributed by atoms with van der Waals surface area (Å²) >= 11 is 0. The summed E-state index contributed by atoms with van der Waals surface area (Å²) in [5.41, 5.74) is 11.3. The molecule has 6 heteroatoms. The molecule has 20 heavy (non-hydrogen) atoms. The SMILES string of the molecule is CC(C)C1CC(=O)NN=C1c1ccc2oc(N)nc2c1. The normalized spacial score (nSPS) is 19.2. The lowest BCUT2D eigenvalue weighted by Crippen LogP contribution is -2.35. The van der Waals surface area contributed by atoms with Crippen LogP contribution in [0.5, 0.6) is 0 Å². The van der Waals surface area contributed by atoms with Crippen molar-refractivity contribution in [3.05, 3.63) is 23.8 Å². The summed E-state index contributed by atoms with van der Waals surface area (Å²) in [4.78, 5) is 15.6. The summed E-state index contributed by atoms with van der Waals surface area (Å²) in [6, 6.07) is 5.78. The number of aromatic nitrogens is 1. The highest BCUT2D eigenvalue weighted by atomic mass is 16.4. The molecule has 2 aromatic rings. The van der Waals surface area contributed by atoms with E-state index in [1.165, 1.54) is 0 Å². The molecule has 1 aromatic carbocycles. The molecule has 104 valence electrons. The number of anilines is 1. The van der Waals surface area contributed by atoms with E-state index < -0.39 is 0 Å². The molecular weight excluding hydrogens is 256 g/mol. The van der Waals surface area contributed by atoms with Crippen molar-refractivity contribution in [3.63, 3.8) is 0 Å². The van der Waals surface area contributed by atoms with E-state index in [0.717, 1.165) is 11.3 Å². The molecule has 1 aliphatic heterocycles. The molecule has 1 aromatic heterocycles. The number of hydrazone groups is 1. The van der Waals surface area contributed by atoms with Gasteiger partial charge in [-0.25, -0.2) is 5.43 Å². The van der Waals surface area contributed by atoms with Crippen LogP contribution in [0.4, 0.5) is 6.01 Å². The second-order valence-electron chi connectivity index (χ2n) is 5.32. The van der Waals surface area contributed by atoms with Crippen molar-refractivity contribution in [1.29, 1.82) is 0 Å². The van der Waals surface area contributed by atoms with Gasteiger partial charge in [-0.3, -0.25) is 4.79 Å². The standard InChI is InChI=1S/C14H16N4O2/c1-7(2)9-6-12(19)17-18-13(9)8-3-4-11-10(5-8)16-14(15)20-11/h3-5,7,9H,6H2,1-2H3,(H2,15,16)(H,17,19). The zero-order valence-electron chi connectivity index (χ0n) is 11.4. The molecule has 0 spiro atoms. The third-order valence-corrected chi connectivity index (χ3v) is 3.56. The van der Waals surface area contributed by atoms with Crippen molar-refractivity contribution in [2.24, 2.45) is 16.9 Å². The van der Waals surface area contributed by atoms with Gasteiger partial charge in [-0.15, -0.1) is 0 Å². The number of hydrogen-bond acceptors (Lipinski definition) is 5. The Morgan fingerprint density at radius 1 is 1.45 bits per heavy atom. The van der Waals surface area contributed by atoms with Gasteiger partial charge in [0.15, 0.2) is 5.58 Å². The number of oxazole rings is 1. The van der Waals surface area contributed by atoms with Crippen molar-refractivity contribution in [2.45, 2.75) is 20.3 Å². The largest absolute Gasteiger partial charge is 0.424 e. The molecule has 1 amide bonds. The number of nitrogens with two attached hydrogens (primary N) is 1. The van der Waals surface area contributed by atoms with Crippen LogP contribution in [0.2, 0.25) is 0 Å². The average molecular weight is 272 g/mol. The number of rotatable bonds is 2. The maximum Gasteiger partial charge on any atom is 0.292 e. The second-order valence-corrected chi connectivity index (χ2v) is 5.32. The van der Waals surface area contributed by atoms with Crippen LogP contribution in [-0.2, 0) is 4.79 Å². The first-order valence-corrected chi connectivity index (χ1v) is 6.57. The Balaban J connectivity index is 2.05. The van der Waals surface area contributed by atoms with Gasteiger partial charge < -0.3 is 10.2 Å². The zero-order chi connectivity index (χ0) is 14.3. The summed E-state index contributed by atoms with van der Waals surface area (Å²) < 4.78 is 5.26. The lowest BCUT2D eigenvalue weighted by molar-refractivity contribution is -0.122. The van der Waals surface area contributed by atoms with E-state index in [1.54, 1.807) is 0 Å². The average Bonchev–Trinajstić information content (AvgIpc) is 2.77. The lowest BCUT2D eigenvalue weighted by Gasteiger charge is -2.25. The Hall–Kier alpha value is -2.37. The molecule has 1 atom stereocenters. The van der Waals surface area contributed by atoms with Gasteiger partial charge in [0.05, 0.1) is 5.71 Å². The molecule has 0 fully saturated rings. The van der Waals surface area contributed by atoms with E-state index >= 15 is 0 Å². The lowest BCUT2D eigenvalue weighted by atomic mass is 9.84. The smallest absolute Gasteiger partial charge is 0.292 e. The van der Waals surface area contributed by atoms with E-state index in [9.17, 15) is 4.79 Å². The van der Waals surface area contributed by atoms with Gasteiger partial charge in [0, 0.05) is 17.9 Å². The zero-order valence-corrected chi connectivity index (χ0v) is 11.4. The quantitative estimate of drug-likeness (QED) is 0.873. The molecule has 0 saturated carbocycles. The second kappa shape index (κ2) is 4.63. The summed E-state index contributed by atoms with van der Waals surface area (Å²) in [6.45, 7) is 4.18. The summed E-state index contributed by atoms with van der Waals surface area (Å²) in [6.07, 6.45) is 0.454. The van der Waals surface area contributed by atoms with Crippen LogP contribution in [0.25, 0.3) is 11.1 Å². The van der Waals surface area contributed by atoms with Gasteiger partial charge in [-0.2, -0.15) is 10.1 Å². The monoisotopic (exact) mass is 272 g/mol. The van der Waals surface area contributed by atoms with Gasteiger partial charge >= 0.3 is 0 Å². The van der Waals surface area contributed by atoms with Crippen LogP contribution in [0.3, 0.4) is 0 Å². The number of benzene rings is 1. The number of carbonyl (C=O) groups excluding carboxylic acids is 1. The maximum atomic E-state index is 11.5. The summed E-state index contributed by atoms with van der Waals surface area (Å²) in [5.74, 6) is 0.391. The highest BCUT2D eigenvalue weighted by molar-refractivity contribution is 6.07. The first-order chi connectivity index (χ1) is 9.54. The van der Waals surface area contributed by atoms with Crippen LogP contribution in [0, 0.1) is 11.8 Å². The Kier molecular flexibility index (Phi) is 2.93. The van der Waals surface area contributed by atoms with Crippen LogP contribution in [0.15, 0.2) is 27.7 Å². The van der Waals surface area contributed by atoms with Crippen molar-refractivity contribution < 1.29 is 9.21 Å². The molecule has 3 N–H and O–H groups in total. The number of carbonyl (C=O) groups is 1. The molecule has 2 heterocycles. The van der Waals surface area contributed by atoms with E-state index in [1.807, 2.05) is 18.2 Å². The minimum atomic E-state index is -0.0424. The van der Waals surface area contributed by atoms with Gasteiger partial charge in [0.1, 0.15) is 5.52 Å². The van der Waals surface area contributed by atoms with Crippen molar-refractivity contribution >= 4 is 28.7 Å². The van der Waals surface area contributed by atoms with Crippen molar-refractivity contribution in [2.75, 3.05) is 5.73 Å². The Labute approximate surface area is 116 Å². The first kappa shape index (κ1) is 12.7. The Morgan fingerprint density at radius 3 is 3.00 bits per heavy atom. The minimum Gasteiger partial charge on any atom is -0.424 e. The predicted octanol–water partition coefficient (Wildman–Crippen LogP) is 1.91. The highest BCUT2D eigenvalue weighted by Gasteiger charge is 2.28. The maximum absolute atomic E-state index is 11.5. The fraction of sp³-hybridized carbons (Fsp3) is 0.357.